The fraction of sp³-hybridized carbons (Fsp3) is 0.667. The van der Waals surface area contributed by atoms with Crippen molar-refractivity contribution in [2.75, 3.05) is 6.54 Å². The van der Waals surface area contributed by atoms with Gasteiger partial charge in [0.1, 0.15) is 11.7 Å². The number of alkyl carbamates (subject to hydrolysis) is 1. The topological polar surface area (TPSA) is 108 Å². The summed E-state index contributed by atoms with van der Waals surface area (Å²) in [6.07, 6.45) is 4.53. The number of hydrogen-bond acceptors (Lipinski definition) is 6. The van der Waals surface area contributed by atoms with Gasteiger partial charge in [0, 0.05) is 11.6 Å². The molecule has 0 aromatic heterocycles. The molecule has 36 heavy (non-hydrogen) atoms. The maximum Gasteiger partial charge on any atom is 0.408 e. The molecule has 1 aliphatic carbocycles. The summed E-state index contributed by atoms with van der Waals surface area (Å²) in [4.78, 5) is 39.9. The highest BCUT2D eigenvalue weighted by Gasteiger charge is 2.35. The van der Waals surface area contributed by atoms with Crippen molar-refractivity contribution < 1.29 is 24.2 Å². The lowest BCUT2D eigenvalue weighted by molar-refractivity contribution is -0.140. The minimum Gasteiger partial charge on any atom is -0.444 e. The quantitative estimate of drug-likeness (QED) is 0.488. The Morgan fingerprint density at radius 1 is 1.14 bits per heavy atom. The van der Waals surface area contributed by atoms with Crippen molar-refractivity contribution in [1.29, 1.82) is 0 Å². The van der Waals surface area contributed by atoms with Crippen LogP contribution in [0.25, 0.3) is 0 Å². The number of amides is 3. The Hall–Kier alpha value is -2.16. The molecule has 0 spiro atoms. The number of likely N-dealkylation sites (tertiary alicyclic amines) is 1. The number of benzene rings is 1. The minimum absolute atomic E-state index is 0.0841. The van der Waals surface area contributed by atoms with E-state index in [1.54, 1.807) is 6.07 Å². The predicted molar refractivity (Wildman–Crippen MR) is 138 cm³/mol. The molecule has 9 heteroatoms. The van der Waals surface area contributed by atoms with E-state index in [0.29, 0.717) is 24.5 Å². The number of nitrogens with zero attached hydrogens (tertiary/aromatic N) is 1. The number of rotatable bonds is 7. The van der Waals surface area contributed by atoms with Gasteiger partial charge in [0.15, 0.2) is 0 Å². The maximum atomic E-state index is 13.0. The zero-order valence-electron chi connectivity index (χ0n) is 21.8. The zero-order chi connectivity index (χ0) is 26.5. The van der Waals surface area contributed by atoms with Gasteiger partial charge in [-0.25, -0.2) is 4.79 Å². The molecule has 1 saturated carbocycles. The number of carbonyl (C=O) groups excluding carboxylic acids is 3. The van der Waals surface area contributed by atoms with E-state index in [-0.39, 0.29) is 17.9 Å². The van der Waals surface area contributed by atoms with Crippen LogP contribution in [0, 0.1) is 5.92 Å². The van der Waals surface area contributed by atoms with Crippen molar-refractivity contribution in [3.63, 3.8) is 0 Å². The molecular formula is C27H40ClN3O5. The second-order valence-corrected chi connectivity index (χ2v) is 11.5. The van der Waals surface area contributed by atoms with E-state index in [9.17, 15) is 19.5 Å². The van der Waals surface area contributed by atoms with Gasteiger partial charge in [0.05, 0.1) is 12.1 Å². The Bertz CT molecular complexity index is 942. The second-order valence-electron chi connectivity index (χ2n) is 11.0. The zero-order valence-corrected chi connectivity index (χ0v) is 22.6. The first kappa shape index (κ1) is 28.4. The number of carbonyl (C=O) groups is 3. The Kier molecular flexibility index (Phi) is 9.78. The van der Waals surface area contributed by atoms with Crippen LogP contribution in [0.3, 0.4) is 0 Å². The van der Waals surface area contributed by atoms with E-state index in [1.165, 1.54) is 0 Å². The molecule has 200 valence electrons. The highest BCUT2D eigenvalue weighted by atomic mass is 35.5. The molecule has 0 radical (unpaired) electrons. The molecule has 8 nitrogen and oxygen atoms in total. The molecule has 3 atom stereocenters. The smallest absolute Gasteiger partial charge is 0.408 e. The summed E-state index contributed by atoms with van der Waals surface area (Å²) in [6.45, 7) is 8.43. The van der Waals surface area contributed by atoms with Gasteiger partial charge in [0.2, 0.25) is 5.91 Å². The van der Waals surface area contributed by atoms with E-state index in [4.69, 9.17) is 16.3 Å². The molecular weight excluding hydrogens is 482 g/mol. The highest BCUT2D eigenvalue weighted by molar-refractivity contribution is 6.30. The Balaban J connectivity index is 1.66. The van der Waals surface area contributed by atoms with Crippen LogP contribution in [0.4, 0.5) is 4.79 Å². The van der Waals surface area contributed by atoms with Crippen LogP contribution in [0.1, 0.15) is 89.8 Å². The average Bonchev–Trinajstić information content (AvgIpc) is 3.26. The molecule has 2 aliphatic rings. The number of imide groups is 1. The third kappa shape index (κ3) is 7.92. The molecule has 1 unspecified atom stereocenters. The summed E-state index contributed by atoms with van der Waals surface area (Å²) in [5.41, 5.74) is 1.16. The fourth-order valence-electron chi connectivity index (χ4n) is 5.17. The van der Waals surface area contributed by atoms with Gasteiger partial charge < -0.3 is 15.2 Å². The number of nitrogens with one attached hydrogen (secondary N) is 2. The van der Waals surface area contributed by atoms with Gasteiger partial charge in [-0.05, 0) is 89.1 Å². The summed E-state index contributed by atoms with van der Waals surface area (Å²) in [5.74, 6) is -1.06. The summed E-state index contributed by atoms with van der Waals surface area (Å²) in [6, 6.07) is 4.67. The van der Waals surface area contributed by atoms with E-state index in [1.807, 2.05) is 44.7 Å². The summed E-state index contributed by atoms with van der Waals surface area (Å²) in [7, 11) is 0. The highest BCUT2D eigenvalue weighted by Crippen LogP contribution is 2.29. The third-order valence-electron chi connectivity index (χ3n) is 6.96. The molecule has 2 fully saturated rings. The molecule has 3 N–H and O–H groups in total. The molecule has 1 aromatic rings. The normalized spacial score (nSPS) is 21.0. The largest absolute Gasteiger partial charge is 0.444 e. The first-order chi connectivity index (χ1) is 16.9. The number of hydrogen-bond donors (Lipinski definition) is 3. The summed E-state index contributed by atoms with van der Waals surface area (Å²) in [5, 5.41) is 16.4. The Labute approximate surface area is 219 Å². The summed E-state index contributed by atoms with van der Waals surface area (Å²) >= 11 is 6.29. The first-order valence-corrected chi connectivity index (χ1v) is 13.4. The number of aliphatic hydroxyl groups is 1. The van der Waals surface area contributed by atoms with Crippen LogP contribution in [0.15, 0.2) is 18.2 Å². The van der Waals surface area contributed by atoms with Crippen LogP contribution in [-0.2, 0) is 20.9 Å². The van der Waals surface area contributed by atoms with E-state index in [0.717, 1.165) is 49.7 Å². The molecule has 1 aliphatic heterocycles. The van der Waals surface area contributed by atoms with Gasteiger partial charge >= 0.3 is 6.09 Å². The molecule has 1 aromatic carbocycles. The molecule has 3 amide bonds. The van der Waals surface area contributed by atoms with Crippen molar-refractivity contribution in [3.05, 3.63) is 34.3 Å². The lowest BCUT2D eigenvalue weighted by Crippen LogP contribution is -2.49. The Morgan fingerprint density at radius 2 is 1.83 bits per heavy atom. The number of ether oxygens (including phenoxy) is 1. The van der Waals surface area contributed by atoms with Gasteiger partial charge in [0.25, 0.3) is 5.91 Å². The third-order valence-corrected chi connectivity index (χ3v) is 7.19. The molecule has 0 bridgehead atoms. The monoisotopic (exact) mass is 521 g/mol. The van der Waals surface area contributed by atoms with E-state index in [2.05, 4.69) is 10.6 Å². The average molecular weight is 522 g/mol. The number of aliphatic hydroxyl groups excluding tert-OH is 1. The predicted octanol–water partition coefficient (Wildman–Crippen LogP) is 4.47. The molecule has 3 rings (SSSR count). The van der Waals surface area contributed by atoms with Crippen molar-refractivity contribution in [2.45, 2.75) is 103 Å². The van der Waals surface area contributed by atoms with Gasteiger partial charge in [-0.2, -0.15) is 0 Å². The lowest BCUT2D eigenvalue weighted by atomic mass is 9.85. The van der Waals surface area contributed by atoms with Gasteiger partial charge in [-0.15, -0.1) is 0 Å². The van der Waals surface area contributed by atoms with Crippen LogP contribution < -0.4 is 10.6 Å². The summed E-state index contributed by atoms with van der Waals surface area (Å²) < 4.78 is 5.38. The van der Waals surface area contributed by atoms with Crippen molar-refractivity contribution in [2.24, 2.45) is 5.92 Å². The fourth-order valence-corrected chi connectivity index (χ4v) is 5.36. The first-order valence-electron chi connectivity index (χ1n) is 13.0. The lowest BCUT2D eigenvalue weighted by Gasteiger charge is -2.28. The van der Waals surface area contributed by atoms with Crippen LogP contribution >= 0.6 is 11.6 Å². The van der Waals surface area contributed by atoms with E-state index < -0.39 is 29.7 Å². The van der Waals surface area contributed by atoms with Crippen molar-refractivity contribution in [3.8, 4) is 0 Å². The van der Waals surface area contributed by atoms with Gasteiger partial charge in [-0.3, -0.25) is 19.8 Å². The maximum absolute atomic E-state index is 13.0. The molecule has 1 heterocycles. The van der Waals surface area contributed by atoms with Crippen LogP contribution in [-0.4, -0.2) is 52.2 Å². The second kappa shape index (κ2) is 12.4. The number of halogens is 1. The van der Waals surface area contributed by atoms with Crippen molar-refractivity contribution >= 4 is 29.5 Å². The van der Waals surface area contributed by atoms with Crippen molar-refractivity contribution in [1.82, 2.24) is 15.5 Å². The van der Waals surface area contributed by atoms with Crippen LogP contribution in [0.2, 0.25) is 5.02 Å². The van der Waals surface area contributed by atoms with Crippen LogP contribution in [0.5, 0.6) is 0 Å². The Morgan fingerprint density at radius 3 is 2.50 bits per heavy atom. The molecule has 1 saturated heterocycles. The standard InChI is InChI=1S/C27H40ClN3O5/c1-17(29-26(35)36-27(2,3)4)21-13-12-20(28)15-19(21)16-31-14-8-11-22(31)24(33)30-25(34)23(32)18-9-6-5-7-10-18/h12-13,15,17-18,22-23,32H,5-11,14,16H2,1-4H3,(H,29,35)(H,30,33,34)/t17?,22-,23+/m0/s1. The van der Waals surface area contributed by atoms with E-state index >= 15 is 0 Å². The minimum atomic E-state index is -1.15. The van der Waals surface area contributed by atoms with Gasteiger partial charge in [-0.1, -0.05) is 36.9 Å². The SMILES string of the molecule is CC(NC(=O)OC(C)(C)C)c1ccc(Cl)cc1CN1CCC[C@H]1C(=O)NC(=O)[C@H](O)C1CCCCC1.